The molecule has 0 bridgehead atoms. The lowest BCUT2D eigenvalue weighted by molar-refractivity contribution is -0.00171. The highest BCUT2D eigenvalue weighted by Gasteiger charge is 2.31. The molecule has 1 aromatic rings. The number of furan rings is 1. The van der Waals surface area contributed by atoms with Crippen molar-refractivity contribution in [2.75, 3.05) is 20.2 Å². The van der Waals surface area contributed by atoms with E-state index < -0.39 is 0 Å². The number of piperidine rings is 1. The number of nitrogens with two attached hydrogens (primary N) is 1. The van der Waals surface area contributed by atoms with E-state index in [9.17, 15) is 0 Å². The first kappa shape index (κ1) is 12.6. The molecule has 0 aliphatic carbocycles. The highest BCUT2D eigenvalue weighted by Crippen LogP contribution is 2.29. The Kier molecular flexibility index (Phi) is 4.20. The Hall–Kier alpha value is -0.840. The molecule has 96 valence electrons. The van der Waals surface area contributed by atoms with Gasteiger partial charge in [-0.1, -0.05) is 0 Å². The maximum atomic E-state index is 5.88. The van der Waals surface area contributed by atoms with Crippen LogP contribution in [0.5, 0.6) is 0 Å². The number of methoxy groups -OCH3 is 1. The highest BCUT2D eigenvalue weighted by atomic mass is 16.5. The van der Waals surface area contributed by atoms with Crippen LogP contribution in [0, 0.1) is 0 Å². The van der Waals surface area contributed by atoms with Crippen LogP contribution in [0.25, 0.3) is 0 Å². The average Bonchev–Trinajstić information content (AvgIpc) is 2.91. The van der Waals surface area contributed by atoms with E-state index in [0.717, 1.165) is 19.4 Å². The fraction of sp³-hybridized carbons (Fsp3) is 0.692. The number of rotatable bonds is 4. The summed E-state index contributed by atoms with van der Waals surface area (Å²) in [6.07, 6.45) is 6.01. The second-order valence-electron chi connectivity index (χ2n) is 4.74. The van der Waals surface area contributed by atoms with Crippen molar-refractivity contribution in [2.45, 2.75) is 38.0 Å². The third-order valence-corrected chi connectivity index (χ3v) is 3.84. The average molecular weight is 238 g/mol. The van der Waals surface area contributed by atoms with E-state index in [1.54, 1.807) is 13.4 Å². The van der Waals surface area contributed by atoms with Gasteiger partial charge >= 0.3 is 0 Å². The van der Waals surface area contributed by atoms with Crippen molar-refractivity contribution in [3.8, 4) is 0 Å². The summed E-state index contributed by atoms with van der Waals surface area (Å²) in [5.41, 5.74) is 7.10. The van der Waals surface area contributed by atoms with Crippen LogP contribution in [0.2, 0.25) is 0 Å². The van der Waals surface area contributed by atoms with Gasteiger partial charge in [0.2, 0.25) is 0 Å². The van der Waals surface area contributed by atoms with Crippen LogP contribution >= 0.6 is 0 Å². The molecule has 0 aromatic carbocycles. The number of hydrogen-bond donors (Lipinski definition) is 1. The van der Waals surface area contributed by atoms with Crippen LogP contribution in [-0.2, 0) is 4.74 Å². The lowest BCUT2D eigenvalue weighted by Gasteiger charge is -2.41. The minimum Gasteiger partial charge on any atom is -0.472 e. The first-order chi connectivity index (χ1) is 8.26. The molecule has 0 amide bonds. The standard InChI is InChI=1S/C13H22N2O2/c1-10(11-4-6-17-9-11)15-5-3-13(16-2)7-12(15)8-14/h4,6,9-10,12-13H,3,5,7-8,14H2,1-2H3. The van der Waals surface area contributed by atoms with Crippen molar-refractivity contribution in [1.29, 1.82) is 0 Å². The summed E-state index contributed by atoms with van der Waals surface area (Å²) in [6, 6.07) is 2.79. The Balaban J connectivity index is 2.04. The van der Waals surface area contributed by atoms with E-state index in [2.05, 4.69) is 11.8 Å². The number of ether oxygens (including phenoxy) is 1. The second kappa shape index (κ2) is 5.67. The van der Waals surface area contributed by atoms with Crippen LogP contribution in [0.1, 0.15) is 31.4 Å². The van der Waals surface area contributed by atoms with Crippen molar-refractivity contribution in [2.24, 2.45) is 5.73 Å². The fourth-order valence-corrected chi connectivity index (χ4v) is 2.69. The monoisotopic (exact) mass is 238 g/mol. The second-order valence-corrected chi connectivity index (χ2v) is 4.74. The summed E-state index contributed by atoms with van der Waals surface area (Å²) < 4.78 is 10.6. The fourth-order valence-electron chi connectivity index (χ4n) is 2.69. The van der Waals surface area contributed by atoms with E-state index in [4.69, 9.17) is 14.9 Å². The smallest absolute Gasteiger partial charge is 0.0950 e. The van der Waals surface area contributed by atoms with Crippen molar-refractivity contribution in [3.63, 3.8) is 0 Å². The molecule has 0 spiro atoms. The topological polar surface area (TPSA) is 51.6 Å². The van der Waals surface area contributed by atoms with Crippen molar-refractivity contribution in [3.05, 3.63) is 24.2 Å². The summed E-state index contributed by atoms with van der Waals surface area (Å²) in [6.45, 7) is 3.93. The van der Waals surface area contributed by atoms with Crippen molar-refractivity contribution < 1.29 is 9.15 Å². The minimum atomic E-state index is 0.358. The zero-order chi connectivity index (χ0) is 12.3. The van der Waals surface area contributed by atoms with Crippen LogP contribution in [0.3, 0.4) is 0 Å². The van der Waals surface area contributed by atoms with E-state index in [-0.39, 0.29) is 0 Å². The van der Waals surface area contributed by atoms with Gasteiger partial charge in [0.05, 0.1) is 18.6 Å². The first-order valence-corrected chi connectivity index (χ1v) is 6.27. The van der Waals surface area contributed by atoms with E-state index in [1.165, 1.54) is 5.56 Å². The lowest BCUT2D eigenvalue weighted by Crippen LogP contribution is -2.49. The molecule has 1 aromatic heterocycles. The molecule has 1 aliphatic rings. The number of nitrogens with zero attached hydrogens (tertiary/aromatic N) is 1. The maximum absolute atomic E-state index is 5.88. The summed E-state index contributed by atoms with van der Waals surface area (Å²) in [7, 11) is 1.79. The Morgan fingerprint density at radius 2 is 2.47 bits per heavy atom. The Labute approximate surface area is 103 Å². The van der Waals surface area contributed by atoms with Gasteiger partial charge in [0.25, 0.3) is 0 Å². The molecule has 4 heteroatoms. The summed E-state index contributed by atoms with van der Waals surface area (Å²) in [4.78, 5) is 2.46. The Morgan fingerprint density at radius 1 is 1.65 bits per heavy atom. The van der Waals surface area contributed by atoms with E-state index >= 15 is 0 Å². The van der Waals surface area contributed by atoms with Crippen LogP contribution in [-0.4, -0.2) is 37.2 Å². The molecule has 1 fully saturated rings. The maximum Gasteiger partial charge on any atom is 0.0950 e. The molecule has 4 nitrogen and oxygen atoms in total. The molecule has 3 atom stereocenters. The first-order valence-electron chi connectivity index (χ1n) is 6.27. The summed E-state index contributed by atoms with van der Waals surface area (Å²) in [5.74, 6) is 0. The molecule has 0 saturated carbocycles. The molecule has 2 rings (SSSR count). The van der Waals surface area contributed by atoms with Crippen molar-refractivity contribution in [1.82, 2.24) is 4.90 Å². The van der Waals surface area contributed by atoms with Gasteiger partial charge in [0.1, 0.15) is 0 Å². The highest BCUT2D eigenvalue weighted by molar-refractivity contribution is 5.11. The van der Waals surface area contributed by atoms with Gasteiger partial charge in [-0.2, -0.15) is 0 Å². The van der Waals surface area contributed by atoms with Gasteiger partial charge in [-0.3, -0.25) is 4.90 Å². The molecule has 2 heterocycles. The molecule has 1 saturated heterocycles. The predicted octanol–water partition coefficient (Wildman–Crippen LogP) is 1.78. The van der Waals surface area contributed by atoms with E-state index in [1.807, 2.05) is 12.3 Å². The minimum absolute atomic E-state index is 0.358. The largest absolute Gasteiger partial charge is 0.472 e. The molecule has 0 radical (unpaired) electrons. The Morgan fingerprint density at radius 3 is 3.06 bits per heavy atom. The zero-order valence-corrected chi connectivity index (χ0v) is 10.6. The van der Waals surface area contributed by atoms with Gasteiger partial charge in [0.15, 0.2) is 0 Å². The van der Waals surface area contributed by atoms with Gasteiger partial charge in [-0.15, -0.1) is 0 Å². The van der Waals surface area contributed by atoms with Crippen LogP contribution in [0.15, 0.2) is 23.0 Å². The van der Waals surface area contributed by atoms with Gasteiger partial charge in [-0.25, -0.2) is 0 Å². The normalized spacial score (nSPS) is 28.2. The molecular formula is C13H22N2O2. The Bertz CT molecular complexity index is 326. The van der Waals surface area contributed by atoms with Crippen LogP contribution < -0.4 is 5.73 Å². The van der Waals surface area contributed by atoms with Gasteiger partial charge in [-0.05, 0) is 25.8 Å². The third kappa shape index (κ3) is 2.70. The SMILES string of the molecule is COC1CCN(C(C)c2ccoc2)C(CN)C1. The predicted molar refractivity (Wildman–Crippen MR) is 66.7 cm³/mol. The third-order valence-electron chi connectivity index (χ3n) is 3.84. The van der Waals surface area contributed by atoms with Gasteiger partial charge < -0.3 is 14.9 Å². The zero-order valence-electron chi connectivity index (χ0n) is 10.6. The van der Waals surface area contributed by atoms with Crippen LogP contribution in [0.4, 0.5) is 0 Å². The number of hydrogen-bond acceptors (Lipinski definition) is 4. The van der Waals surface area contributed by atoms with Gasteiger partial charge in [0, 0.05) is 37.8 Å². The molecular weight excluding hydrogens is 216 g/mol. The summed E-state index contributed by atoms with van der Waals surface area (Å²) in [5, 5.41) is 0. The quantitative estimate of drug-likeness (QED) is 0.868. The molecule has 17 heavy (non-hydrogen) atoms. The number of likely N-dealkylation sites (tertiary alicyclic amines) is 1. The lowest BCUT2D eigenvalue weighted by atomic mass is 9.96. The molecule has 2 N–H and O–H groups in total. The molecule has 1 aliphatic heterocycles. The summed E-state index contributed by atoms with van der Waals surface area (Å²) >= 11 is 0. The van der Waals surface area contributed by atoms with E-state index in [0.29, 0.717) is 24.7 Å². The van der Waals surface area contributed by atoms with Crippen molar-refractivity contribution >= 4 is 0 Å². The molecule has 3 unspecified atom stereocenters.